The standard InChI is InChI=1S/C21H28O3/c1-17(2)23-15-20-9-11-21(12-10-20)22-14-13-18(3)24-16-19-7-5-4-6-8-19/h4-12,17-18H,13-16H2,1-3H3. The zero-order valence-corrected chi connectivity index (χ0v) is 14.9. The lowest BCUT2D eigenvalue weighted by Gasteiger charge is -2.14. The molecule has 0 aliphatic heterocycles. The lowest BCUT2D eigenvalue weighted by atomic mass is 10.2. The molecule has 0 radical (unpaired) electrons. The van der Waals surface area contributed by atoms with E-state index in [-0.39, 0.29) is 12.2 Å². The van der Waals surface area contributed by atoms with Gasteiger partial charge in [-0.05, 0) is 44.0 Å². The van der Waals surface area contributed by atoms with Gasteiger partial charge < -0.3 is 14.2 Å². The van der Waals surface area contributed by atoms with Crippen LogP contribution in [-0.2, 0) is 22.7 Å². The van der Waals surface area contributed by atoms with Crippen molar-refractivity contribution in [3.8, 4) is 5.75 Å². The molecule has 0 spiro atoms. The molecule has 0 saturated heterocycles. The molecular weight excluding hydrogens is 300 g/mol. The average molecular weight is 328 g/mol. The summed E-state index contributed by atoms with van der Waals surface area (Å²) in [5.41, 5.74) is 2.36. The largest absolute Gasteiger partial charge is 0.493 e. The van der Waals surface area contributed by atoms with Crippen LogP contribution in [0.4, 0.5) is 0 Å². The third-order valence-electron chi connectivity index (χ3n) is 3.68. The lowest BCUT2D eigenvalue weighted by Crippen LogP contribution is -2.12. The molecule has 2 aromatic rings. The first-order chi connectivity index (χ1) is 11.6. The molecule has 0 aliphatic rings. The van der Waals surface area contributed by atoms with Gasteiger partial charge in [0.25, 0.3) is 0 Å². The molecule has 2 aromatic carbocycles. The minimum atomic E-state index is 0.170. The van der Waals surface area contributed by atoms with E-state index in [0.717, 1.165) is 17.7 Å². The SMILES string of the molecule is CC(C)OCc1ccc(OCCC(C)OCc2ccccc2)cc1. The van der Waals surface area contributed by atoms with Crippen LogP contribution in [-0.4, -0.2) is 18.8 Å². The van der Waals surface area contributed by atoms with Crippen LogP contribution in [0.25, 0.3) is 0 Å². The normalized spacial score (nSPS) is 12.3. The van der Waals surface area contributed by atoms with E-state index in [2.05, 4.69) is 19.1 Å². The molecule has 2 rings (SSSR count). The molecule has 1 atom stereocenters. The molecule has 3 nitrogen and oxygen atoms in total. The van der Waals surface area contributed by atoms with E-state index in [1.165, 1.54) is 5.56 Å². The summed E-state index contributed by atoms with van der Waals surface area (Å²) in [5, 5.41) is 0. The zero-order valence-electron chi connectivity index (χ0n) is 14.9. The van der Waals surface area contributed by atoms with Crippen molar-refractivity contribution in [3.05, 3.63) is 65.7 Å². The van der Waals surface area contributed by atoms with Crippen molar-refractivity contribution < 1.29 is 14.2 Å². The second kappa shape index (κ2) is 10.1. The van der Waals surface area contributed by atoms with Gasteiger partial charge in [-0.3, -0.25) is 0 Å². The number of hydrogen-bond donors (Lipinski definition) is 0. The van der Waals surface area contributed by atoms with Crippen LogP contribution in [0.5, 0.6) is 5.75 Å². The Bertz CT molecular complexity index is 563. The van der Waals surface area contributed by atoms with Crippen molar-refractivity contribution in [3.63, 3.8) is 0 Å². The van der Waals surface area contributed by atoms with Crippen LogP contribution in [0, 0.1) is 0 Å². The lowest BCUT2D eigenvalue weighted by molar-refractivity contribution is 0.0386. The topological polar surface area (TPSA) is 27.7 Å². The minimum absolute atomic E-state index is 0.170. The third kappa shape index (κ3) is 7.16. The first-order valence-corrected chi connectivity index (χ1v) is 8.62. The number of ether oxygens (including phenoxy) is 3. The molecule has 1 unspecified atom stereocenters. The van der Waals surface area contributed by atoms with Crippen molar-refractivity contribution in [2.45, 2.75) is 52.6 Å². The summed E-state index contributed by atoms with van der Waals surface area (Å²) in [6.07, 6.45) is 1.28. The van der Waals surface area contributed by atoms with Crippen molar-refractivity contribution in [1.82, 2.24) is 0 Å². The highest BCUT2D eigenvalue weighted by atomic mass is 16.5. The fourth-order valence-electron chi connectivity index (χ4n) is 2.18. The van der Waals surface area contributed by atoms with E-state index >= 15 is 0 Å². The highest BCUT2D eigenvalue weighted by molar-refractivity contribution is 5.26. The summed E-state index contributed by atoms with van der Waals surface area (Å²) in [7, 11) is 0. The molecule has 130 valence electrons. The maximum Gasteiger partial charge on any atom is 0.119 e. The van der Waals surface area contributed by atoms with Crippen LogP contribution < -0.4 is 4.74 Å². The highest BCUT2D eigenvalue weighted by Crippen LogP contribution is 2.14. The van der Waals surface area contributed by atoms with Gasteiger partial charge in [-0.1, -0.05) is 42.5 Å². The van der Waals surface area contributed by atoms with Gasteiger partial charge in [-0.15, -0.1) is 0 Å². The molecule has 0 amide bonds. The molecule has 0 heterocycles. The first-order valence-electron chi connectivity index (χ1n) is 8.62. The number of rotatable bonds is 10. The van der Waals surface area contributed by atoms with Gasteiger partial charge in [-0.25, -0.2) is 0 Å². The maximum atomic E-state index is 5.84. The molecule has 0 aliphatic carbocycles. The Morgan fingerprint density at radius 1 is 0.750 bits per heavy atom. The molecule has 0 N–H and O–H groups in total. The molecule has 0 saturated carbocycles. The Morgan fingerprint density at radius 3 is 2.04 bits per heavy atom. The Morgan fingerprint density at radius 2 is 1.38 bits per heavy atom. The van der Waals surface area contributed by atoms with Crippen LogP contribution in [0.15, 0.2) is 54.6 Å². The zero-order chi connectivity index (χ0) is 17.2. The first kappa shape index (κ1) is 18.5. The Labute approximate surface area is 145 Å². The molecule has 0 bridgehead atoms. The monoisotopic (exact) mass is 328 g/mol. The maximum absolute atomic E-state index is 5.84. The van der Waals surface area contributed by atoms with Crippen molar-refractivity contribution in [2.75, 3.05) is 6.61 Å². The van der Waals surface area contributed by atoms with Crippen molar-refractivity contribution in [2.24, 2.45) is 0 Å². The van der Waals surface area contributed by atoms with E-state index < -0.39 is 0 Å². The third-order valence-corrected chi connectivity index (χ3v) is 3.68. The van der Waals surface area contributed by atoms with Crippen LogP contribution in [0.3, 0.4) is 0 Å². The summed E-state index contributed by atoms with van der Waals surface area (Å²) in [6, 6.07) is 18.3. The Balaban J connectivity index is 1.64. The van der Waals surface area contributed by atoms with Gasteiger partial charge in [0.1, 0.15) is 5.75 Å². The Hall–Kier alpha value is -1.84. The summed E-state index contributed by atoms with van der Waals surface area (Å²) in [6.45, 7) is 8.10. The quantitative estimate of drug-likeness (QED) is 0.615. The van der Waals surface area contributed by atoms with E-state index in [4.69, 9.17) is 14.2 Å². The average Bonchev–Trinajstić information content (AvgIpc) is 2.60. The van der Waals surface area contributed by atoms with Gasteiger partial charge in [0, 0.05) is 6.42 Å². The highest BCUT2D eigenvalue weighted by Gasteiger charge is 2.04. The molecule has 0 fully saturated rings. The van der Waals surface area contributed by atoms with Gasteiger partial charge in [0.2, 0.25) is 0 Å². The molecular formula is C21H28O3. The van der Waals surface area contributed by atoms with Crippen LogP contribution in [0.1, 0.15) is 38.3 Å². The van der Waals surface area contributed by atoms with Crippen molar-refractivity contribution >= 4 is 0 Å². The van der Waals surface area contributed by atoms with Gasteiger partial charge in [0.05, 0.1) is 32.0 Å². The van der Waals surface area contributed by atoms with Crippen molar-refractivity contribution in [1.29, 1.82) is 0 Å². The number of benzene rings is 2. The second-order valence-electron chi connectivity index (χ2n) is 6.25. The molecule has 24 heavy (non-hydrogen) atoms. The Kier molecular flexibility index (Phi) is 7.80. The minimum Gasteiger partial charge on any atom is -0.493 e. The predicted molar refractivity (Wildman–Crippen MR) is 97.2 cm³/mol. The molecule has 0 aromatic heterocycles. The van der Waals surface area contributed by atoms with Gasteiger partial charge in [-0.2, -0.15) is 0 Å². The fraction of sp³-hybridized carbons (Fsp3) is 0.429. The fourth-order valence-corrected chi connectivity index (χ4v) is 2.18. The van der Waals surface area contributed by atoms with Gasteiger partial charge >= 0.3 is 0 Å². The van der Waals surface area contributed by atoms with E-state index in [1.54, 1.807) is 0 Å². The predicted octanol–water partition coefficient (Wildman–Crippen LogP) is 4.99. The van der Waals surface area contributed by atoms with Crippen LogP contribution >= 0.6 is 0 Å². The van der Waals surface area contributed by atoms with Gasteiger partial charge in [0.15, 0.2) is 0 Å². The second-order valence-corrected chi connectivity index (χ2v) is 6.25. The summed E-state index contributed by atoms with van der Waals surface area (Å²) in [5.74, 6) is 0.888. The van der Waals surface area contributed by atoms with E-state index in [0.29, 0.717) is 19.8 Å². The summed E-state index contributed by atoms with van der Waals surface area (Å²) in [4.78, 5) is 0. The summed E-state index contributed by atoms with van der Waals surface area (Å²) < 4.78 is 17.2. The van der Waals surface area contributed by atoms with E-state index in [9.17, 15) is 0 Å². The van der Waals surface area contributed by atoms with Crippen LogP contribution in [0.2, 0.25) is 0 Å². The summed E-state index contributed by atoms with van der Waals surface area (Å²) >= 11 is 0. The smallest absolute Gasteiger partial charge is 0.119 e. The molecule has 3 heteroatoms. The number of hydrogen-bond acceptors (Lipinski definition) is 3. The van der Waals surface area contributed by atoms with E-state index in [1.807, 2.05) is 56.3 Å².